The van der Waals surface area contributed by atoms with Crippen molar-refractivity contribution in [2.45, 2.75) is 12.7 Å². The summed E-state index contributed by atoms with van der Waals surface area (Å²) in [5.41, 5.74) is 5.93. The SMILES string of the molecule is NCc1cc(-c2cccc([B]O)c2)nc(C(F)(F)F)c1. The largest absolute Gasteiger partial charge is 0.450 e. The zero-order chi connectivity index (χ0) is 14.8. The van der Waals surface area contributed by atoms with Gasteiger partial charge in [-0.1, -0.05) is 29.7 Å². The number of hydrogen-bond donors (Lipinski definition) is 2. The van der Waals surface area contributed by atoms with Crippen molar-refractivity contribution in [2.24, 2.45) is 5.73 Å². The van der Waals surface area contributed by atoms with Gasteiger partial charge in [0.1, 0.15) is 5.69 Å². The van der Waals surface area contributed by atoms with Crippen molar-refractivity contribution in [2.75, 3.05) is 0 Å². The van der Waals surface area contributed by atoms with Crippen molar-refractivity contribution < 1.29 is 18.2 Å². The fraction of sp³-hybridized carbons (Fsp3) is 0.154. The van der Waals surface area contributed by atoms with Gasteiger partial charge in [0.05, 0.1) is 5.69 Å². The van der Waals surface area contributed by atoms with Crippen LogP contribution in [0.2, 0.25) is 0 Å². The molecule has 0 saturated carbocycles. The first-order chi connectivity index (χ1) is 9.44. The standard InChI is InChI=1S/C13H11BF3N2O/c15-13(16,17)12-5-8(7-18)4-11(19-12)9-2-1-3-10(6-9)14-20/h1-6,20H,7,18H2. The topological polar surface area (TPSA) is 59.1 Å². The third-order valence-corrected chi connectivity index (χ3v) is 2.74. The van der Waals surface area contributed by atoms with Crippen LogP contribution in [-0.2, 0) is 12.7 Å². The summed E-state index contributed by atoms with van der Waals surface area (Å²) >= 11 is 0. The number of halogens is 3. The summed E-state index contributed by atoms with van der Waals surface area (Å²) in [6, 6.07) is 8.86. The van der Waals surface area contributed by atoms with Crippen LogP contribution in [0, 0.1) is 0 Å². The Labute approximate surface area is 114 Å². The van der Waals surface area contributed by atoms with Gasteiger partial charge >= 0.3 is 13.7 Å². The lowest BCUT2D eigenvalue weighted by Crippen LogP contribution is -2.14. The molecule has 0 aliphatic heterocycles. The number of aromatic nitrogens is 1. The third-order valence-electron chi connectivity index (χ3n) is 2.74. The molecule has 20 heavy (non-hydrogen) atoms. The average molecular weight is 279 g/mol. The van der Waals surface area contributed by atoms with Crippen molar-refractivity contribution >= 4 is 12.9 Å². The smallest absolute Gasteiger partial charge is 0.433 e. The second-order valence-electron chi connectivity index (χ2n) is 4.20. The van der Waals surface area contributed by atoms with Gasteiger partial charge in [0.2, 0.25) is 0 Å². The van der Waals surface area contributed by atoms with Crippen molar-refractivity contribution in [1.29, 1.82) is 0 Å². The lowest BCUT2D eigenvalue weighted by atomic mass is 9.87. The number of nitrogens with two attached hydrogens (primary N) is 1. The van der Waals surface area contributed by atoms with Crippen molar-refractivity contribution in [3.05, 3.63) is 47.7 Å². The van der Waals surface area contributed by atoms with Gasteiger partial charge in [-0.15, -0.1) is 0 Å². The van der Waals surface area contributed by atoms with E-state index in [0.29, 0.717) is 16.6 Å². The Kier molecular flexibility index (Phi) is 4.10. The molecule has 0 fully saturated rings. The predicted octanol–water partition coefficient (Wildman–Crippen LogP) is 1.46. The Morgan fingerprint density at radius 2 is 1.95 bits per heavy atom. The molecule has 2 rings (SSSR count). The zero-order valence-corrected chi connectivity index (χ0v) is 10.4. The molecule has 103 valence electrons. The molecule has 0 spiro atoms. The van der Waals surface area contributed by atoms with Gasteiger partial charge in [0, 0.05) is 6.54 Å². The quantitative estimate of drug-likeness (QED) is 0.836. The molecule has 0 bridgehead atoms. The maximum Gasteiger partial charge on any atom is 0.433 e. The molecule has 7 heteroatoms. The molecule has 2 aromatic rings. The predicted molar refractivity (Wildman–Crippen MR) is 70.2 cm³/mol. The lowest BCUT2D eigenvalue weighted by Gasteiger charge is -2.11. The molecule has 3 N–H and O–H groups in total. The molecular formula is C13H11BF3N2O. The van der Waals surface area contributed by atoms with Crippen LogP contribution in [0.3, 0.4) is 0 Å². The molecule has 3 nitrogen and oxygen atoms in total. The van der Waals surface area contributed by atoms with Gasteiger partial charge in [-0.25, -0.2) is 4.98 Å². The number of hydrogen-bond acceptors (Lipinski definition) is 3. The highest BCUT2D eigenvalue weighted by molar-refractivity contribution is 6.45. The summed E-state index contributed by atoms with van der Waals surface area (Å²) in [5, 5.41) is 8.95. The van der Waals surface area contributed by atoms with E-state index >= 15 is 0 Å². The maximum atomic E-state index is 12.8. The van der Waals surface area contributed by atoms with Gasteiger partial charge in [-0.3, -0.25) is 0 Å². The minimum absolute atomic E-state index is 0.00951. The molecule has 0 aliphatic carbocycles. The minimum atomic E-state index is -4.53. The van der Waals surface area contributed by atoms with Gasteiger partial charge < -0.3 is 10.8 Å². The number of alkyl halides is 3. The molecule has 0 saturated heterocycles. The Bertz CT molecular complexity index is 617. The molecule has 1 heterocycles. The van der Waals surface area contributed by atoms with Crippen LogP contribution in [0.5, 0.6) is 0 Å². The summed E-state index contributed by atoms with van der Waals surface area (Å²) < 4.78 is 38.4. The van der Waals surface area contributed by atoms with Crippen LogP contribution in [-0.4, -0.2) is 17.5 Å². The normalized spacial score (nSPS) is 11.4. The van der Waals surface area contributed by atoms with Gasteiger partial charge in [-0.05, 0) is 23.3 Å². The number of nitrogens with zero attached hydrogens (tertiary/aromatic N) is 1. The summed E-state index contributed by atoms with van der Waals surface area (Å²) in [4.78, 5) is 3.62. The molecule has 1 radical (unpaired) electrons. The third kappa shape index (κ3) is 3.18. The van der Waals surface area contributed by atoms with E-state index in [1.165, 1.54) is 6.07 Å². The van der Waals surface area contributed by atoms with E-state index in [4.69, 9.17) is 10.8 Å². The minimum Gasteiger partial charge on any atom is -0.450 e. The van der Waals surface area contributed by atoms with Crippen LogP contribution >= 0.6 is 0 Å². The second kappa shape index (κ2) is 5.64. The monoisotopic (exact) mass is 279 g/mol. The van der Waals surface area contributed by atoms with Crippen LogP contribution in [0.25, 0.3) is 11.3 Å². The van der Waals surface area contributed by atoms with E-state index in [1.807, 2.05) is 0 Å². The van der Waals surface area contributed by atoms with E-state index in [-0.39, 0.29) is 12.2 Å². The number of rotatable bonds is 3. The van der Waals surface area contributed by atoms with E-state index in [2.05, 4.69) is 4.98 Å². The first kappa shape index (κ1) is 14.6. The van der Waals surface area contributed by atoms with Crippen molar-refractivity contribution in [3.8, 4) is 11.3 Å². The molecular weight excluding hydrogens is 268 g/mol. The summed E-state index contributed by atoms with van der Waals surface area (Å²) in [5.74, 6) is 0. The summed E-state index contributed by atoms with van der Waals surface area (Å²) in [6.07, 6.45) is -4.53. The summed E-state index contributed by atoms with van der Waals surface area (Å²) in [7, 11) is 0.876. The molecule has 1 aromatic carbocycles. The lowest BCUT2D eigenvalue weighted by molar-refractivity contribution is -0.141. The Balaban J connectivity index is 2.55. The second-order valence-corrected chi connectivity index (χ2v) is 4.20. The van der Waals surface area contributed by atoms with E-state index in [9.17, 15) is 13.2 Å². The van der Waals surface area contributed by atoms with E-state index in [0.717, 1.165) is 13.5 Å². The first-order valence-electron chi connectivity index (χ1n) is 5.80. The van der Waals surface area contributed by atoms with Crippen LogP contribution in [0.4, 0.5) is 13.2 Å². The maximum absolute atomic E-state index is 12.8. The molecule has 0 unspecified atom stereocenters. The van der Waals surface area contributed by atoms with Crippen LogP contribution < -0.4 is 11.2 Å². The molecule has 1 aromatic heterocycles. The fourth-order valence-corrected chi connectivity index (χ4v) is 1.78. The zero-order valence-electron chi connectivity index (χ0n) is 10.4. The van der Waals surface area contributed by atoms with Gasteiger partial charge in [-0.2, -0.15) is 13.2 Å². The van der Waals surface area contributed by atoms with Gasteiger partial charge in [0.15, 0.2) is 0 Å². The highest BCUT2D eigenvalue weighted by Crippen LogP contribution is 2.30. The molecule has 0 aliphatic rings. The Morgan fingerprint density at radius 3 is 2.55 bits per heavy atom. The van der Waals surface area contributed by atoms with Crippen LogP contribution in [0.1, 0.15) is 11.3 Å². The van der Waals surface area contributed by atoms with Gasteiger partial charge in [0.25, 0.3) is 0 Å². The van der Waals surface area contributed by atoms with Crippen molar-refractivity contribution in [1.82, 2.24) is 4.98 Å². The molecule has 0 amide bonds. The molecule has 0 atom stereocenters. The highest BCUT2D eigenvalue weighted by atomic mass is 19.4. The fourth-order valence-electron chi connectivity index (χ4n) is 1.78. The van der Waals surface area contributed by atoms with Crippen LogP contribution in [0.15, 0.2) is 36.4 Å². The number of benzene rings is 1. The highest BCUT2D eigenvalue weighted by Gasteiger charge is 2.33. The first-order valence-corrected chi connectivity index (χ1v) is 5.80. The average Bonchev–Trinajstić information content (AvgIpc) is 2.46. The number of pyridine rings is 1. The van der Waals surface area contributed by atoms with E-state index < -0.39 is 11.9 Å². The van der Waals surface area contributed by atoms with E-state index in [1.54, 1.807) is 24.3 Å². The summed E-state index contributed by atoms with van der Waals surface area (Å²) in [6.45, 7) is -0.00951. The van der Waals surface area contributed by atoms with Crippen molar-refractivity contribution in [3.63, 3.8) is 0 Å². The Hall–Kier alpha value is -1.86. The Morgan fingerprint density at radius 1 is 1.20 bits per heavy atom.